The Labute approximate surface area is 126 Å². The second kappa shape index (κ2) is 7.45. The molecule has 0 bridgehead atoms. The number of urea groups is 1. The van der Waals surface area contributed by atoms with Crippen molar-refractivity contribution in [2.75, 3.05) is 20.2 Å². The predicted octanol–water partition coefficient (Wildman–Crippen LogP) is 1.83. The van der Waals surface area contributed by atoms with Gasteiger partial charge in [0.25, 0.3) is 0 Å². The van der Waals surface area contributed by atoms with E-state index in [1.54, 1.807) is 11.1 Å². The van der Waals surface area contributed by atoms with Crippen LogP contribution >= 0.6 is 0 Å². The molecule has 0 spiro atoms. The van der Waals surface area contributed by atoms with Crippen LogP contribution in [0.1, 0.15) is 36.9 Å². The van der Waals surface area contributed by atoms with Crippen LogP contribution in [0.5, 0.6) is 0 Å². The van der Waals surface area contributed by atoms with Crippen molar-refractivity contribution in [3.8, 4) is 0 Å². The summed E-state index contributed by atoms with van der Waals surface area (Å²) in [6, 6.07) is -0.0365. The summed E-state index contributed by atoms with van der Waals surface area (Å²) in [7, 11) is 3.73. The molecule has 0 unspecified atom stereocenters. The van der Waals surface area contributed by atoms with E-state index in [-0.39, 0.29) is 6.03 Å². The first-order valence-corrected chi connectivity index (χ1v) is 7.66. The zero-order valence-electron chi connectivity index (χ0n) is 13.3. The number of hydrogen-bond donors (Lipinski definition) is 1. The van der Waals surface area contributed by atoms with Crippen LogP contribution in [-0.2, 0) is 18.3 Å². The fourth-order valence-corrected chi connectivity index (χ4v) is 2.55. The molecule has 1 saturated heterocycles. The summed E-state index contributed by atoms with van der Waals surface area (Å²) < 4.78 is 7.40. The summed E-state index contributed by atoms with van der Waals surface area (Å²) in [5, 5.41) is 7.10. The molecule has 6 nitrogen and oxygen atoms in total. The van der Waals surface area contributed by atoms with E-state index in [1.165, 1.54) is 6.42 Å². The molecular weight excluding hydrogens is 268 g/mol. The van der Waals surface area contributed by atoms with Crippen LogP contribution in [0.2, 0.25) is 0 Å². The minimum atomic E-state index is -0.0365. The summed E-state index contributed by atoms with van der Waals surface area (Å²) in [6.45, 7) is 4.18. The van der Waals surface area contributed by atoms with Gasteiger partial charge < -0.3 is 15.0 Å². The van der Waals surface area contributed by atoms with Gasteiger partial charge in [-0.05, 0) is 32.6 Å². The summed E-state index contributed by atoms with van der Waals surface area (Å²) in [4.78, 5) is 13.8. The summed E-state index contributed by atoms with van der Waals surface area (Å²) in [5.74, 6) is 0. The average molecular weight is 294 g/mol. The highest BCUT2D eigenvalue weighted by Crippen LogP contribution is 2.16. The Hall–Kier alpha value is -1.56. The lowest BCUT2D eigenvalue weighted by Gasteiger charge is -2.18. The van der Waals surface area contributed by atoms with Crippen LogP contribution in [0.3, 0.4) is 0 Å². The number of ether oxygens (including phenoxy) is 1. The quantitative estimate of drug-likeness (QED) is 0.871. The van der Waals surface area contributed by atoms with Gasteiger partial charge in [-0.15, -0.1) is 0 Å². The minimum Gasteiger partial charge on any atom is -0.378 e. The van der Waals surface area contributed by atoms with E-state index in [2.05, 4.69) is 10.4 Å². The monoisotopic (exact) mass is 294 g/mol. The molecule has 1 aromatic heterocycles. The smallest absolute Gasteiger partial charge is 0.317 e. The zero-order valence-corrected chi connectivity index (χ0v) is 13.3. The molecule has 0 aromatic carbocycles. The molecule has 2 amide bonds. The van der Waals surface area contributed by atoms with E-state index in [0.29, 0.717) is 12.6 Å². The van der Waals surface area contributed by atoms with Crippen LogP contribution in [0.25, 0.3) is 0 Å². The number of aromatic nitrogens is 2. The van der Waals surface area contributed by atoms with Crippen molar-refractivity contribution in [3.05, 3.63) is 17.5 Å². The molecule has 0 aliphatic carbocycles. The third-order valence-electron chi connectivity index (χ3n) is 4.16. The molecule has 0 radical (unpaired) electrons. The van der Waals surface area contributed by atoms with E-state index in [4.69, 9.17) is 4.74 Å². The first-order chi connectivity index (χ1) is 10.1. The van der Waals surface area contributed by atoms with E-state index in [1.807, 2.05) is 25.7 Å². The molecule has 1 N–H and O–H groups in total. The van der Waals surface area contributed by atoms with Crippen LogP contribution in [0, 0.1) is 6.92 Å². The SMILES string of the molecule is Cc1c(CNC(=O)N(C)CCC[C@@H]2CCCO2)cnn1C. The van der Waals surface area contributed by atoms with Gasteiger partial charge in [0, 0.05) is 45.0 Å². The third-order valence-corrected chi connectivity index (χ3v) is 4.16. The molecule has 6 heteroatoms. The van der Waals surface area contributed by atoms with Gasteiger partial charge in [0.1, 0.15) is 0 Å². The second-order valence-corrected chi connectivity index (χ2v) is 5.74. The fraction of sp³-hybridized carbons (Fsp3) is 0.733. The van der Waals surface area contributed by atoms with Crippen molar-refractivity contribution in [2.24, 2.45) is 7.05 Å². The lowest BCUT2D eigenvalue weighted by molar-refractivity contribution is 0.100. The average Bonchev–Trinajstić information content (AvgIpc) is 3.09. The molecular formula is C15H26N4O2. The summed E-state index contributed by atoms with van der Waals surface area (Å²) >= 11 is 0. The van der Waals surface area contributed by atoms with Gasteiger partial charge in [0.05, 0.1) is 12.3 Å². The largest absolute Gasteiger partial charge is 0.378 e. The van der Waals surface area contributed by atoms with Crippen LogP contribution in [0.4, 0.5) is 4.79 Å². The lowest BCUT2D eigenvalue weighted by atomic mass is 10.1. The third kappa shape index (κ3) is 4.46. The van der Waals surface area contributed by atoms with Gasteiger partial charge in [-0.2, -0.15) is 5.10 Å². The van der Waals surface area contributed by atoms with E-state index >= 15 is 0 Å². The van der Waals surface area contributed by atoms with Gasteiger partial charge in [0.15, 0.2) is 0 Å². The highest BCUT2D eigenvalue weighted by Gasteiger charge is 2.16. The van der Waals surface area contributed by atoms with Crippen molar-refractivity contribution >= 4 is 6.03 Å². The first-order valence-electron chi connectivity index (χ1n) is 7.66. The Morgan fingerprint density at radius 1 is 1.62 bits per heavy atom. The van der Waals surface area contributed by atoms with Crippen molar-refractivity contribution in [3.63, 3.8) is 0 Å². The molecule has 0 saturated carbocycles. The van der Waals surface area contributed by atoms with Gasteiger partial charge in [-0.3, -0.25) is 4.68 Å². The standard InChI is InChI=1S/C15H26N4O2/c1-12-13(11-17-19(12)3)10-16-15(20)18(2)8-4-6-14-7-5-9-21-14/h11,14H,4-10H2,1-3H3,(H,16,20)/t14-/m1/s1. The highest BCUT2D eigenvalue weighted by molar-refractivity contribution is 5.73. The van der Waals surface area contributed by atoms with Crippen LogP contribution in [0.15, 0.2) is 6.20 Å². The van der Waals surface area contributed by atoms with Crippen molar-refractivity contribution in [1.82, 2.24) is 20.0 Å². The summed E-state index contributed by atoms with van der Waals surface area (Å²) in [5.41, 5.74) is 2.13. The van der Waals surface area contributed by atoms with E-state index in [0.717, 1.165) is 43.7 Å². The molecule has 1 fully saturated rings. The molecule has 1 aliphatic rings. The fourth-order valence-electron chi connectivity index (χ4n) is 2.55. The minimum absolute atomic E-state index is 0.0365. The van der Waals surface area contributed by atoms with E-state index in [9.17, 15) is 4.79 Å². The Morgan fingerprint density at radius 2 is 2.43 bits per heavy atom. The molecule has 1 aliphatic heterocycles. The van der Waals surface area contributed by atoms with Gasteiger partial charge in [-0.1, -0.05) is 0 Å². The predicted molar refractivity (Wildman–Crippen MR) is 81.0 cm³/mol. The number of nitrogens with one attached hydrogen (secondary N) is 1. The number of carbonyl (C=O) groups is 1. The molecule has 118 valence electrons. The Morgan fingerprint density at radius 3 is 3.05 bits per heavy atom. The molecule has 1 aromatic rings. The van der Waals surface area contributed by atoms with Crippen LogP contribution < -0.4 is 5.32 Å². The van der Waals surface area contributed by atoms with Gasteiger partial charge in [0.2, 0.25) is 0 Å². The molecule has 1 atom stereocenters. The maximum absolute atomic E-state index is 12.0. The highest BCUT2D eigenvalue weighted by atomic mass is 16.5. The molecule has 21 heavy (non-hydrogen) atoms. The van der Waals surface area contributed by atoms with Crippen molar-refractivity contribution in [2.45, 2.75) is 45.3 Å². The van der Waals surface area contributed by atoms with Gasteiger partial charge in [-0.25, -0.2) is 4.79 Å². The van der Waals surface area contributed by atoms with Gasteiger partial charge >= 0.3 is 6.03 Å². The number of rotatable bonds is 6. The first kappa shape index (κ1) is 15.8. The topological polar surface area (TPSA) is 59.4 Å². The lowest BCUT2D eigenvalue weighted by Crippen LogP contribution is -2.37. The maximum Gasteiger partial charge on any atom is 0.317 e. The van der Waals surface area contributed by atoms with Crippen LogP contribution in [-0.4, -0.2) is 47.0 Å². The second-order valence-electron chi connectivity index (χ2n) is 5.74. The Kier molecular flexibility index (Phi) is 5.61. The number of aryl methyl sites for hydroxylation is 1. The van der Waals surface area contributed by atoms with Crippen molar-refractivity contribution in [1.29, 1.82) is 0 Å². The normalized spacial score (nSPS) is 18.0. The Bertz CT molecular complexity index is 466. The number of hydrogen-bond acceptors (Lipinski definition) is 3. The summed E-state index contributed by atoms with van der Waals surface area (Å²) in [6.07, 6.45) is 6.56. The zero-order chi connectivity index (χ0) is 15.2. The van der Waals surface area contributed by atoms with Crippen molar-refractivity contribution < 1.29 is 9.53 Å². The maximum atomic E-state index is 12.0. The number of carbonyl (C=O) groups excluding carboxylic acids is 1. The molecule has 2 rings (SSSR count). The number of nitrogens with zero attached hydrogens (tertiary/aromatic N) is 3. The van der Waals surface area contributed by atoms with E-state index < -0.39 is 0 Å². The number of amides is 2. The molecule has 2 heterocycles. The Balaban J connectivity index is 1.66.